The average molecular weight is 164 g/mol. The molecule has 0 fully saturated rings. The third-order valence-electron chi connectivity index (χ3n) is 1.75. The topological polar surface area (TPSA) is 55.4 Å². The van der Waals surface area contributed by atoms with Crippen LogP contribution in [0.15, 0.2) is 23.4 Å². The minimum absolute atomic E-state index is 0.514. The van der Waals surface area contributed by atoms with Gasteiger partial charge in [0.1, 0.15) is 5.69 Å². The van der Waals surface area contributed by atoms with E-state index >= 15 is 0 Å². The molecule has 0 amide bonds. The van der Waals surface area contributed by atoms with Gasteiger partial charge in [-0.1, -0.05) is 12.1 Å². The zero-order valence-electron chi connectivity index (χ0n) is 7.08. The number of aryl methyl sites for hydroxylation is 1. The summed E-state index contributed by atoms with van der Waals surface area (Å²) in [4.78, 5) is 10.4. The van der Waals surface area contributed by atoms with Crippen LogP contribution in [0.25, 0.3) is 0 Å². The average Bonchev–Trinajstić information content (AvgIpc) is 2.08. The first-order chi connectivity index (χ1) is 5.77. The summed E-state index contributed by atoms with van der Waals surface area (Å²) in [7, 11) is 0. The Bertz CT molecular complexity index is 284. The van der Waals surface area contributed by atoms with Crippen LogP contribution >= 0.6 is 0 Å². The Morgan fingerprint density at radius 1 is 1.50 bits per heavy atom. The Morgan fingerprint density at radius 3 is 2.83 bits per heavy atom. The maximum atomic E-state index is 10.4. The first kappa shape index (κ1) is 8.87. The highest BCUT2D eigenvalue weighted by atomic mass is 16.3. The zero-order valence-corrected chi connectivity index (χ0v) is 7.08. The van der Waals surface area contributed by atoms with Gasteiger partial charge in [0, 0.05) is 0 Å². The summed E-state index contributed by atoms with van der Waals surface area (Å²) in [6.07, 6.45) is 0.710. The van der Waals surface area contributed by atoms with E-state index in [0.29, 0.717) is 18.7 Å². The molecule has 1 rings (SSSR count). The molecule has 0 heterocycles. The maximum absolute atomic E-state index is 10.4. The van der Waals surface area contributed by atoms with Gasteiger partial charge in [-0.3, -0.25) is 0 Å². The largest absolute Gasteiger partial charge is 0.330 e. The van der Waals surface area contributed by atoms with Gasteiger partial charge in [-0.25, -0.2) is 0 Å². The van der Waals surface area contributed by atoms with Crippen molar-refractivity contribution < 1.29 is 0 Å². The molecule has 3 nitrogen and oxygen atoms in total. The minimum atomic E-state index is 0.514. The van der Waals surface area contributed by atoms with Gasteiger partial charge in [0.05, 0.1) is 0 Å². The molecule has 0 spiro atoms. The summed E-state index contributed by atoms with van der Waals surface area (Å²) in [5, 5.41) is 2.94. The van der Waals surface area contributed by atoms with Gasteiger partial charge in [0.15, 0.2) is 0 Å². The molecule has 0 aliphatic carbocycles. The molecule has 3 heteroatoms. The SMILES string of the molecule is Cc1ccc(CCN)c(N=O)c1. The van der Waals surface area contributed by atoms with Crippen LogP contribution < -0.4 is 5.73 Å². The van der Waals surface area contributed by atoms with Crippen LogP contribution in [0.1, 0.15) is 11.1 Å². The summed E-state index contributed by atoms with van der Waals surface area (Å²) in [5.74, 6) is 0. The van der Waals surface area contributed by atoms with Gasteiger partial charge in [-0.2, -0.15) is 0 Å². The number of nitrogens with two attached hydrogens (primary N) is 1. The van der Waals surface area contributed by atoms with Crippen molar-refractivity contribution in [1.29, 1.82) is 0 Å². The van der Waals surface area contributed by atoms with Crippen LogP contribution in [-0.2, 0) is 6.42 Å². The second kappa shape index (κ2) is 3.97. The van der Waals surface area contributed by atoms with Gasteiger partial charge in [0.25, 0.3) is 0 Å². The van der Waals surface area contributed by atoms with Crippen molar-refractivity contribution in [3.63, 3.8) is 0 Å². The quantitative estimate of drug-likeness (QED) is 0.693. The second-order valence-corrected chi connectivity index (χ2v) is 2.76. The Labute approximate surface area is 71.6 Å². The summed E-state index contributed by atoms with van der Waals surface area (Å²) in [6, 6.07) is 5.64. The van der Waals surface area contributed by atoms with E-state index in [1.165, 1.54) is 0 Å². The lowest BCUT2D eigenvalue weighted by atomic mass is 10.1. The van der Waals surface area contributed by atoms with E-state index in [-0.39, 0.29) is 0 Å². The first-order valence-corrected chi connectivity index (χ1v) is 3.91. The Morgan fingerprint density at radius 2 is 2.25 bits per heavy atom. The zero-order chi connectivity index (χ0) is 8.97. The molecular formula is C9H12N2O. The molecule has 64 valence electrons. The van der Waals surface area contributed by atoms with E-state index in [2.05, 4.69) is 5.18 Å². The van der Waals surface area contributed by atoms with Crippen molar-refractivity contribution in [2.75, 3.05) is 6.54 Å². The summed E-state index contributed by atoms with van der Waals surface area (Å²) >= 11 is 0. The molecule has 0 saturated heterocycles. The fourth-order valence-corrected chi connectivity index (χ4v) is 1.13. The number of nitroso groups, excluding NO2 is 1. The number of benzene rings is 1. The molecule has 0 aliphatic rings. The maximum Gasteiger partial charge on any atom is 0.111 e. The predicted octanol–water partition coefficient (Wildman–Crippen LogP) is 1.89. The third-order valence-corrected chi connectivity index (χ3v) is 1.75. The highest BCUT2D eigenvalue weighted by Gasteiger charge is 2.01. The Hall–Kier alpha value is -1.22. The predicted molar refractivity (Wildman–Crippen MR) is 49.4 cm³/mol. The smallest absolute Gasteiger partial charge is 0.111 e. The van der Waals surface area contributed by atoms with Crippen LogP contribution in [0.5, 0.6) is 0 Å². The van der Waals surface area contributed by atoms with E-state index in [1.54, 1.807) is 6.07 Å². The molecule has 1 aromatic rings. The third kappa shape index (κ3) is 1.89. The van der Waals surface area contributed by atoms with Crippen molar-refractivity contribution in [2.24, 2.45) is 10.9 Å². The number of hydrogen-bond acceptors (Lipinski definition) is 3. The lowest BCUT2D eigenvalue weighted by Gasteiger charge is -2.01. The van der Waals surface area contributed by atoms with Crippen molar-refractivity contribution >= 4 is 5.69 Å². The van der Waals surface area contributed by atoms with E-state index in [4.69, 9.17) is 5.73 Å². The molecule has 0 bridgehead atoms. The summed E-state index contributed by atoms with van der Waals surface area (Å²) in [6.45, 7) is 2.48. The van der Waals surface area contributed by atoms with E-state index < -0.39 is 0 Å². The van der Waals surface area contributed by atoms with Gasteiger partial charge in [-0.05, 0) is 42.3 Å². The number of hydrogen-bond donors (Lipinski definition) is 1. The molecule has 12 heavy (non-hydrogen) atoms. The number of rotatable bonds is 3. The van der Waals surface area contributed by atoms with E-state index in [1.807, 2.05) is 19.1 Å². The molecule has 0 aliphatic heterocycles. The van der Waals surface area contributed by atoms with Crippen molar-refractivity contribution in [3.8, 4) is 0 Å². The molecule has 0 saturated carbocycles. The van der Waals surface area contributed by atoms with Gasteiger partial charge < -0.3 is 5.73 Å². The molecule has 0 unspecified atom stereocenters. The highest BCUT2D eigenvalue weighted by molar-refractivity contribution is 5.48. The second-order valence-electron chi connectivity index (χ2n) is 2.76. The molecule has 0 atom stereocenters. The fourth-order valence-electron chi connectivity index (χ4n) is 1.13. The van der Waals surface area contributed by atoms with Crippen LogP contribution in [0.4, 0.5) is 5.69 Å². The lowest BCUT2D eigenvalue weighted by molar-refractivity contribution is 0.966. The van der Waals surface area contributed by atoms with Crippen molar-refractivity contribution in [2.45, 2.75) is 13.3 Å². The van der Waals surface area contributed by atoms with E-state index in [9.17, 15) is 4.91 Å². The van der Waals surface area contributed by atoms with Gasteiger partial charge in [-0.15, -0.1) is 4.91 Å². The van der Waals surface area contributed by atoms with Crippen molar-refractivity contribution in [1.82, 2.24) is 0 Å². The number of nitrogens with zero attached hydrogens (tertiary/aromatic N) is 1. The fraction of sp³-hybridized carbons (Fsp3) is 0.333. The highest BCUT2D eigenvalue weighted by Crippen LogP contribution is 2.20. The van der Waals surface area contributed by atoms with Gasteiger partial charge in [0.2, 0.25) is 0 Å². The Balaban J connectivity index is 3.02. The van der Waals surface area contributed by atoms with Crippen LogP contribution in [-0.4, -0.2) is 6.54 Å². The summed E-state index contributed by atoms with van der Waals surface area (Å²) in [5.41, 5.74) is 7.87. The minimum Gasteiger partial charge on any atom is -0.330 e. The molecule has 1 aromatic carbocycles. The van der Waals surface area contributed by atoms with Crippen LogP contribution in [0.2, 0.25) is 0 Å². The standard InChI is InChI=1S/C9H12N2O/c1-7-2-3-8(4-5-10)9(6-7)11-12/h2-3,6H,4-5,10H2,1H3. The van der Waals surface area contributed by atoms with Gasteiger partial charge >= 0.3 is 0 Å². The normalized spacial score (nSPS) is 9.83. The molecule has 0 aromatic heterocycles. The van der Waals surface area contributed by atoms with Crippen molar-refractivity contribution in [3.05, 3.63) is 34.2 Å². The van der Waals surface area contributed by atoms with Crippen LogP contribution in [0.3, 0.4) is 0 Å². The molecular weight excluding hydrogens is 152 g/mol. The summed E-state index contributed by atoms with van der Waals surface area (Å²) < 4.78 is 0. The van der Waals surface area contributed by atoms with Crippen LogP contribution in [0, 0.1) is 11.8 Å². The van der Waals surface area contributed by atoms with E-state index in [0.717, 1.165) is 11.1 Å². The monoisotopic (exact) mass is 164 g/mol. The Kier molecular flexibility index (Phi) is 2.94. The molecule has 2 N–H and O–H groups in total. The lowest BCUT2D eigenvalue weighted by Crippen LogP contribution is -2.02. The molecule has 0 radical (unpaired) electrons. The first-order valence-electron chi connectivity index (χ1n) is 3.91.